The van der Waals surface area contributed by atoms with Gasteiger partial charge in [0.05, 0.1) is 6.10 Å². The smallest absolute Gasteiger partial charge is 0.151 e. The van der Waals surface area contributed by atoms with Crippen molar-refractivity contribution in [2.24, 2.45) is 11.7 Å². The molecule has 78 valence electrons. The second-order valence-electron chi connectivity index (χ2n) is 3.25. The van der Waals surface area contributed by atoms with Gasteiger partial charge in [-0.2, -0.15) is 0 Å². The van der Waals surface area contributed by atoms with Crippen molar-refractivity contribution in [2.75, 3.05) is 12.4 Å². The highest BCUT2D eigenvalue weighted by atomic mass is 35.5. The zero-order chi connectivity index (χ0) is 8.97. The van der Waals surface area contributed by atoms with E-state index in [1.54, 1.807) is 0 Å². The molecule has 3 nitrogen and oxygen atoms in total. The van der Waals surface area contributed by atoms with E-state index < -0.39 is 0 Å². The van der Waals surface area contributed by atoms with E-state index in [1.165, 1.54) is 11.8 Å². The van der Waals surface area contributed by atoms with Gasteiger partial charge in [0.15, 0.2) is 5.17 Å². The van der Waals surface area contributed by atoms with E-state index in [1.807, 2.05) is 0 Å². The first kappa shape index (κ1) is 13.1. The molecule has 5 heteroatoms. The molecular formula is C8H17ClN2OS. The summed E-state index contributed by atoms with van der Waals surface area (Å²) in [7, 11) is 0. The van der Waals surface area contributed by atoms with Crippen LogP contribution in [0.15, 0.2) is 0 Å². The quantitative estimate of drug-likeness (QED) is 0.556. The molecule has 0 aliphatic carbocycles. The lowest BCUT2D eigenvalue weighted by Crippen LogP contribution is -2.25. The van der Waals surface area contributed by atoms with Crippen LogP contribution in [0.25, 0.3) is 0 Å². The van der Waals surface area contributed by atoms with E-state index in [2.05, 4.69) is 6.92 Å². The van der Waals surface area contributed by atoms with Gasteiger partial charge in [-0.05, 0) is 25.7 Å². The number of nitrogens with two attached hydrogens (primary N) is 1. The van der Waals surface area contributed by atoms with Crippen LogP contribution >= 0.6 is 24.2 Å². The van der Waals surface area contributed by atoms with Crippen LogP contribution < -0.4 is 5.73 Å². The van der Waals surface area contributed by atoms with Gasteiger partial charge in [0, 0.05) is 12.4 Å². The molecule has 1 aliphatic rings. The third kappa shape index (κ3) is 5.39. The Bertz CT molecular complexity index is 168. The molecular weight excluding hydrogens is 208 g/mol. The topological polar surface area (TPSA) is 59.1 Å². The summed E-state index contributed by atoms with van der Waals surface area (Å²) in [6.07, 6.45) is 2.61. The molecule has 13 heavy (non-hydrogen) atoms. The predicted molar refractivity (Wildman–Crippen MR) is 59.8 cm³/mol. The summed E-state index contributed by atoms with van der Waals surface area (Å²) in [6, 6.07) is 0. The molecule has 0 aromatic rings. The zero-order valence-electron chi connectivity index (χ0n) is 7.79. The van der Waals surface area contributed by atoms with Gasteiger partial charge in [0.2, 0.25) is 0 Å². The van der Waals surface area contributed by atoms with Gasteiger partial charge in [0.1, 0.15) is 0 Å². The van der Waals surface area contributed by atoms with E-state index in [0.29, 0.717) is 12.0 Å². The number of thioether (sulfide) groups is 1. The highest BCUT2D eigenvalue weighted by molar-refractivity contribution is 8.13. The molecule has 1 saturated heterocycles. The first-order valence-corrected chi connectivity index (χ1v) is 5.25. The van der Waals surface area contributed by atoms with E-state index in [0.717, 1.165) is 25.2 Å². The predicted octanol–water partition coefficient (Wildman–Crippen LogP) is 1.85. The maximum Gasteiger partial charge on any atom is 0.151 e. The van der Waals surface area contributed by atoms with Crippen LogP contribution in [-0.4, -0.2) is 23.6 Å². The summed E-state index contributed by atoms with van der Waals surface area (Å²) in [6.45, 7) is 2.97. The minimum atomic E-state index is 0. The van der Waals surface area contributed by atoms with E-state index >= 15 is 0 Å². The third-order valence-electron chi connectivity index (χ3n) is 2.07. The SMILES string of the molecule is CC1CC(CSC(=N)N)CCO1.Cl. The monoisotopic (exact) mass is 224 g/mol. The molecule has 0 aromatic carbocycles. The Hall–Kier alpha value is 0.0700. The molecule has 0 aromatic heterocycles. The molecule has 1 rings (SSSR count). The standard InChI is InChI=1S/C8H16N2OS.ClH/c1-6-4-7(2-3-11-6)5-12-8(9)10;/h6-7H,2-5H2,1H3,(H3,9,10);1H. The number of rotatable bonds is 2. The maximum atomic E-state index is 7.07. The molecule has 1 aliphatic heterocycles. The Morgan fingerprint density at radius 2 is 2.38 bits per heavy atom. The van der Waals surface area contributed by atoms with Gasteiger partial charge < -0.3 is 10.5 Å². The number of hydrogen-bond donors (Lipinski definition) is 2. The molecule has 0 amide bonds. The van der Waals surface area contributed by atoms with Crippen molar-refractivity contribution in [1.29, 1.82) is 5.41 Å². The van der Waals surface area contributed by atoms with E-state index in [4.69, 9.17) is 15.9 Å². The lowest BCUT2D eigenvalue weighted by Gasteiger charge is -2.26. The maximum absolute atomic E-state index is 7.07. The molecule has 1 fully saturated rings. The van der Waals surface area contributed by atoms with Crippen molar-refractivity contribution in [3.63, 3.8) is 0 Å². The Labute approximate surface area is 89.7 Å². The van der Waals surface area contributed by atoms with Crippen molar-refractivity contribution in [3.8, 4) is 0 Å². The zero-order valence-corrected chi connectivity index (χ0v) is 9.42. The average molecular weight is 225 g/mol. The van der Waals surface area contributed by atoms with Crippen LogP contribution in [0.1, 0.15) is 19.8 Å². The Balaban J connectivity index is 0.00000144. The van der Waals surface area contributed by atoms with Crippen LogP contribution in [0.4, 0.5) is 0 Å². The van der Waals surface area contributed by atoms with Crippen molar-refractivity contribution >= 4 is 29.3 Å². The van der Waals surface area contributed by atoms with Crippen LogP contribution in [0, 0.1) is 11.3 Å². The van der Waals surface area contributed by atoms with Gasteiger partial charge in [-0.3, -0.25) is 5.41 Å². The molecule has 0 bridgehead atoms. The first-order valence-electron chi connectivity index (χ1n) is 4.27. The average Bonchev–Trinajstić information content (AvgIpc) is 2.01. The van der Waals surface area contributed by atoms with Crippen LogP contribution in [0.5, 0.6) is 0 Å². The Kier molecular flexibility index (Phi) is 6.55. The highest BCUT2D eigenvalue weighted by Gasteiger charge is 2.19. The van der Waals surface area contributed by atoms with Crippen LogP contribution in [0.3, 0.4) is 0 Å². The largest absolute Gasteiger partial charge is 0.379 e. The normalized spacial score (nSPS) is 27.8. The molecule has 2 unspecified atom stereocenters. The second-order valence-corrected chi connectivity index (χ2v) is 4.31. The second kappa shape index (κ2) is 6.51. The minimum Gasteiger partial charge on any atom is -0.379 e. The highest BCUT2D eigenvalue weighted by Crippen LogP contribution is 2.23. The fourth-order valence-electron chi connectivity index (χ4n) is 1.45. The van der Waals surface area contributed by atoms with Gasteiger partial charge in [-0.15, -0.1) is 12.4 Å². The van der Waals surface area contributed by atoms with Crippen molar-refractivity contribution < 1.29 is 4.74 Å². The summed E-state index contributed by atoms with van der Waals surface area (Å²) >= 11 is 1.45. The number of ether oxygens (including phenoxy) is 1. The molecule has 2 atom stereocenters. The molecule has 0 saturated carbocycles. The Morgan fingerprint density at radius 1 is 1.69 bits per heavy atom. The van der Waals surface area contributed by atoms with Crippen LogP contribution in [0.2, 0.25) is 0 Å². The van der Waals surface area contributed by atoms with Crippen molar-refractivity contribution in [3.05, 3.63) is 0 Å². The molecule has 0 radical (unpaired) electrons. The number of nitrogens with one attached hydrogen (secondary N) is 1. The number of hydrogen-bond acceptors (Lipinski definition) is 3. The minimum absolute atomic E-state index is 0. The first-order chi connectivity index (χ1) is 5.68. The number of halogens is 1. The lowest BCUT2D eigenvalue weighted by molar-refractivity contribution is 0.00785. The van der Waals surface area contributed by atoms with Gasteiger partial charge >= 0.3 is 0 Å². The Morgan fingerprint density at radius 3 is 2.92 bits per heavy atom. The lowest BCUT2D eigenvalue weighted by atomic mass is 9.98. The van der Waals surface area contributed by atoms with Crippen molar-refractivity contribution in [1.82, 2.24) is 0 Å². The number of amidine groups is 1. The van der Waals surface area contributed by atoms with E-state index in [9.17, 15) is 0 Å². The van der Waals surface area contributed by atoms with Crippen LogP contribution in [-0.2, 0) is 4.74 Å². The third-order valence-corrected chi connectivity index (χ3v) is 3.02. The molecule has 3 N–H and O–H groups in total. The van der Waals surface area contributed by atoms with Gasteiger partial charge in [-0.1, -0.05) is 11.8 Å². The fraction of sp³-hybridized carbons (Fsp3) is 0.875. The summed E-state index contributed by atoms with van der Waals surface area (Å²) < 4.78 is 5.42. The summed E-state index contributed by atoms with van der Waals surface area (Å²) in [5, 5.41) is 7.30. The summed E-state index contributed by atoms with van der Waals surface area (Å²) in [5.41, 5.74) is 5.26. The fourth-order valence-corrected chi connectivity index (χ4v) is 2.17. The molecule has 0 spiro atoms. The summed E-state index contributed by atoms with van der Waals surface area (Å²) in [5.74, 6) is 1.66. The van der Waals surface area contributed by atoms with E-state index in [-0.39, 0.29) is 17.6 Å². The van der Waals surface area contributed by atoms with Gasteiger partial charge in [-0.25, -0.2) is 0 Å². The molecule has 1 heterocycles. The van der Waals surface area contributed by atoms with Gasteiger partial charge in [0.25, 0.3) is 0 Å². The van der Waals surface area contributed by atoms with Crippen molar-refractivity contribution in [2.45, 2.75) is 25.9 Å². The summed E-state index contributed by atoms with van der Waals surface area (Å²) in [4.78, 5) is 0.